The first-order valence-electron chi connectivity index (χ1n) is 7.40. The Labute approximate surface area is 133 Å². The predicted molar refractivity (Wildman–Crippen MR) is 91.0 cm³/mol. The number of aliphatic hydroxyl groups excluding tert-OH is 1. The van der Waals surface area contributed by atoms with Gasteiger partial charge in [0.05, 0.1) is 24.1 Å². The van der Waals surface area contributed by atoms with Gasteiger partial charge in [-0.1, -0.05) is 26.0 Å². The second kappa shape index (κ2) is 7.84. The van der Waals surface area contributed by atoms with E-state index >= 15 is 0 Å². The third-order valence-corrected chi connectivity index (χ3v) is 4.16. The van der Waals surface area contributed by atoms with Crippen molar-refractivity contribution in [2.75, 3.05) is 36.0 Å². The van der Waals surface area contributed by atoms with Crippen LogP contribution < -0.4 is 15.5 Å². The normalized spacial score (nSPS) is 18.7. The van der Waals surface area contributed by atoms with Crippen LogP contribution in [-0.4, -0.2) is 48.7 Å². The van der Waals surface area contributed by atoms with Gasteiger partial charge in [0.2, 0.25) is 0 Å². The van der Waals surface area contributed by atoms with Crippen LogP contribution in [0, 0.1) is 0 Å². The quantitative estimate of drug-likeness (QED) is 0.836. The third-order valence-electron chi connectivity index (χ3n) is 4.16. The average Bonchev–Trinajstić information content (AvgIpc) is 2.73. The summed E-state index contributed by atoms with van der Waals surface area (Å²) in [5.74, 6) is 0. The van der Waals surface area contributed by atoms with Gasteiger partial charge in [-0.3, -0.25) is 10.6 Å². The van der Waals surface area contributed by atoms with Gasteiger partial charge in [0.15, 0.2) is 6.29 Å². The highest BCUT2D eigenvalue weighted by molar-refractivity contribution is 5.85. The summed E-state index contributed by atoms with van der Waals surface area (Å²) in [7, 11) is 0. The fourth-order valence-corrected chi connectivity index (χ4v) is 3.07. The molecule has 0 bridgehead atoms. The van der Waals surface area contributed by atoms with E-state index in [9.17, 15) is 5.11 Å². The second-order valence-electron chi connectivity index (χ2n) is 5.08. The topological polar surface area (TPSA) is 56.0 Å². The Hall–Kier alpha value is -1.01. The number of hydrogen-bond acceptors (Lipinski definition) is 5. The highest BCUT2D eigenvalue weighted by Gasteiger charge is 2.36. The molecule has 2 unspecified atom stereocenters. The number of anilines is 2. The number of aliphatic hydroxyl groups is 1. The highest BCUT2D eigenvalue weighted by Crippen LogP contribution is 2.39. The number of benzene rings is 1. The van der Waals surface area contributed by atoms with Crippen molar-refractivity contribution in [1.82, 2.24) is 4.90 Å². The average molecular weight is 315 g/mol. The number of para-hydroxylation sites is 2. The Morgan fingerprint density at radius 2 is 1.81 bits per heavy atom. The Balaban J connectivity index is 0.00000220. The Bertz CT molecular complexity index is 441. The van der Waals surface area contributed by atoms with Gasteiger partial charge in [0, 0.05) is 6.54 Å². The number of β-amino-alcohol motifs (C(OH)–C–C–N with tert-alkyl or cyclic N) is 1. The summed E-state index contributed by atoms with van der Waals surface area (Å²) < 4.78 is 0. The molecule has 0 radical (unpaired) electrons. The number of hydrogen-bond donors (Lipinski definition) is 2. The number of nitrogens with zero attached hydrogens (tertiary/aromatic N) is 3. The molecule has 3 N–H and O–H groups in total. The van der Waals surface area contributed by atoms with Gasteiger partial charge >= 0.3 is 0 Å². The van der Waals surface area contributed by atoms with Gasteiger partial charge in [0.1, 0.15) is 0 Å². The smallest absolute Gasteiger partial charge is 0.156 e. The van der Waals surface area contributed by atoms with E-state index in [1.165, 1.54) is 0 Å². The maximum atomic E-state index is 9.27. The minimum atomic E-state index is -0.227. The first kappa shape index (κ1) is 18.0. The Morgan fingerprint density at radius 3 is 2.33 bits per heavy atom. The molecule has 0 aliphatic carbocycles. The molecule has 120 valence electrons. The first-order chi connectivity index (χ1) is 9.65. The number of halogens is 1. The van der Waals surface area contributed by atoms with Crippen molar-refractivity contribution in [1.29, 1.82) is 0 Å². The van der Waals surface area contributed by atoms with Crippen LogP contribution in [-0.2, 0) is 0 Å². The van der Waals surface area contributed by atoms with E-state index in [0.717, 1.165) is 24.5 Å². The molecule has 0 spiro atoms. The maximum absolute atomic E-state index is 9.27. The van der Waals surface area contributed by atoms with E-state index in [-0.39, 0.29) is 31.5 Å². The van der Waals surface area contributed by atoms with Crippen molar-refractivity contribution in [2.24, 2.45) is 5.73 Å². The van der Waals surface area contributed by atoms with Gasteiger partial charge in [-0.2, -0.15) is 0 Å². The number of nitrogens with two attached hydrogens (primary N) is 1. The lowest BCUT2D eigenvalue weighted by atomic mass is 10.2. The molecule has 2 atom stereocenters. The zero-order valence-electron chi connectivity index (χ0n) is 13.1. The van der Waals surface area contributed by atoms with E-state index in [0.29, 0.717) is 6.54 Å². The monoisotopic (exact) mass is 314 g/mol. The molecule has 1 heterocycles. The summed E-state index contributed by atoms with van der Waals surface area (Å²) in [5, 5.41) is 9.27. The predicted octanol–water partition coefficient (Wildman–Crippen LogP) is 1.66. The van der Waals surface area contributed by atoms with Crippen LogP contribution in [0.25, 0.3) is 0 Å². The van der Waals surface area contributed by atoms with Crippen LogP contribution in [0.5, 0.6) is 0 Å². The fraction of sp³-hybridized carbons (Fsp3) is 0.600. The molecular formula is C15H27ClN4O. The van der Waals surface area contributed by atoms with Crippen LogP contribution in [0.15, 0.2) is 24.3 Å². The van der Waals surface area contributed by atoms with Crippen molar-refractivity contribution < 1.29 is 5.11 Å². The Kier molecular flexibility index (Phi) is 6.74. The van der Waals surface area contributed by atoms with Crippen molar-refractivity contribution in [2.45, 2.75) is 33.2 Å². The van der Waals surface area contributed by atoms with Crippen LogP contribution >= 0.6 is 12.4 Å². The van der Waals surface area contributed by atoms with E-state index in [4.69, 9.17) is 5.73 Å². The molecule has 2 rings (SSSR count). The summed E-state index contributed by atoms with van der Waals surface area (Å²) >= 11 is 0. The lowest BCUT2D eigenvalue weighted by Gasteiger charge is -2.39. The third kappa shape index (κ3) is 3.26. The first-order valence-corrected chi connectivity index (χ1v) is 7.40. The van der Waals surface area contributed by atoms with E-state index < -0.39 is 0 Å². The van der Waals surface area contributed by atoms with Crippen molar-refractivity contribution >= 4 is 23.8 Å². The number of rotatable bonds is 6. The van der Waals surface area contributed by atoms with Gasteiger partial charge in [-0.25, -0.2) is 0 Å². The van der Waals surface area contributed by atoms with Gasteiger partial charge in [-0.15, -0.1) is 12.4 Å². The molecule has 0 amide bonds. The van der Waals surface area contributed by atoms with Crippen LogP contribution in [0.4, 0.5) is 11.4 Å². The molecule has 21 heavy (non-hydrogen) atoms. The molecule has 0 saturated carbocycles. The van der Waals surface area contributed by atoms with Crippen molar-refractivity contribution in [3.05, 3.63) is 24.3 Å². The van der Waals surface area contributed by atoms with E-state index in [1.54, 1.807) is 0 Å². The highest BCUT2D eigenvalue weighted by atomic mass is 35.5. The minimum absolute atomic E-state index is 0. The minimum Gasteiger partial charge on any atom is -0.395 e. The van der Waals surface area contributed by atoms with Gasteiger partial charge < -0.3 is 14.9 Å². The largest absolute Gasteiger partial charge is 0.395 e. The molecule has 1 aliphatic rings. The maximum Gasteiger partial charge on any atom is 0.156 e. The van der Waals surface area contributed by atoms with Crippen molar-refractivity contribution in [3.63, 3.8) is 0 Å². The van der Waals surface area contributed by atoms with Gasteiger partial charge in [-0.05, 0) is 32.1 Å². The fourth-order valence-electron chi connectivity index (χ4n) is 3.07. The molecular weight excluding hydrogens is 288 g/mol. The Morgan fingerprint density at radius 1 is 1.24 bits per heavy atom. The van der Waals surface area contributed by atoms with Crippen LogP contribution in [0.2, 0.25) is 0 Å². The SMILES string of the molecule is CCN(CC)C(C)N1c2ccccc2N(CCO)C1N.Cl. The molecule has 5 nitrogen and oxygen atoms in total. The molecule has 0 fully saturated rings. The summed E-state index contributed by atoms with van der Waals surface area (Å²) in [6.45, 7) is 9.16. The lowest BCUT2D eigenvalue weighted by Crippen LogP contribution is -2.58. The van der Waals surface area contributed by atoms with Gasteiger partial charge in [0.25, 0.3) is 0 Å². The zero-order chi connectivity index (χ0) is 14.7. The molecule has 1 aromatic rings. The molecule has 6 heteroatoms. The summed E-state index contributed by atoms with van der Waals surface area (Å²) in [6, 6.07) is 8.23. The van der Waals surface area contributed by atoms with E-state index in [2.05, 4.69) is 47.6 Å². The van der Waals surface area contributed by atoms with Crippen LogP contribution in [0.3, 0.4) is 0 Å². The number of fused-ring (bicyclic) bond motifs is 1. The molecule has 0 saturated heterocycles. The lowest BCUT2D eigenvalue weighted by molar-refractivity contribution is 0.214. The van der Waals surface area contributed by atoms with Crippen LogP contribution in [0.1, 0.15) is 20.8 Å². The van der Waals surface area contributed by atoms with E-state index in [1.807, 2.05) is 12.1 Å². The summed E-state index contributed by atoms with van der Waals surface area (Å²) in [6.07, 6.45) is -0.00000661. The summed E-state index contributed by atoms with van der Waals surface area (Å²) in [5.41, 5.74) is 8.67. The molecule has 0 aromatic heterocycles. The molecule has 1 aliphatic heterocycles. The zero-order valence-corrected chi connectivity index (χ0v) is 13.9. The van der Waals surface area contributed by atoms with Crippen molar-refractivity contribution in [3.8, 4) is 0 Å². The molecule has 1 aromatic carbocycles. The standard InChI is InChI=1S/C15H26N4O.ClH/c1-4-17(5-2)12(3)19-14-9-7-6-8-13(14)18(10-11-20)15(19)16;/h6-9,12,15,20H,4-5,10-11,16H2,1-3H3;1H. The summed E-state index contributed by atoms with van der Waals surface area (Å²) in [4.78, 5) is 6.67. The second-order valence-corrected chi connectivity index (χ2v) is 5.08.